The molecule has 24 heavy (non-hydrogen) atoms. The molecule has 0 atom stereocenters. The van der Waals surface area contributed by atoms with Crippen LogP contribution >= 0.6 is 11.3 Å². The average Bonchev–Trinajstić information content (AvgIpc) is 3.15. The lowest BCUT2D eigenvalue weighted by Gasteiger charge is -2.35. The molecule has 3 heterocycles. The van der Waals surface area contributed by atoms with Gasteiger partial charge in [0, 0.05) is 37.6 Å². The molecule has 2 amide bonds. The van der Waals surface area contributed by atoms with E-state index in [0.29, 0.717) is 6.54 Å². The van der Waals surface area contributed by atoms with Gasteiger partial charge in [0.05, 0.1) is 5.39 Å². The van der Waals surface area contributed by atoms with Gasteiger partial charge in [0.25, 0.3) is 0 Å². The van der Waals surface area contributed by atoms with Gasteiger partial charge < -0.3 is 15.1 Å². The van der Waals surface area contributed by atoms with E-state index in [1.807, 2.05) is 30.1 Å². The van der Waals surface area contributed by atoms with Crippen LogP contribution in [0.2, 0.25) is 0 Å². The molecule has 128 valence electrons. The topological polar surface area (TPSA) is 61.4 Å². The third kappa shape index (κ3) is 2.60. The molecule has 0 radical (unpaired) electrons. The van der Waals surface area contributed by atoms with Gasteiger partial charge in [-0.15, -0.1) is 11.3 Å². The Balaban J connectivity index is 1.62. The van der Waals surface area contributed by atoms with Crippen molar-refractivity contribution in [3.63, 3.8) is 0 Å². The number of thiophene rings is 1. The van der Waals surface area contributed by atoms with Gasteiger partial charge in [0.2, 0.25) is 0 Å². The Labute approximate surface area is 145 Å². The van der Waals surface area contributed by atoms with E-state index in [1.165, 1.54) is 28.7 Å². The van der Waals surface area contributed by atoms with Crippen molar-refractivity contribution in [2.75, 3.05) is 37.6 Å². The lowest BCUT2D eigenvalue weighted by Crippen LogP contribution is -2.52. The van der Waals surface area contributed by atoms with Crippen molar-refractivity contribution in [2.45, 2.75) is 33.1 Å². The first-order valence-corrected chi connectivity index (χ1v) is 9.55. The lowest BCUT2D eigenvalue weighted by molar-refractivity contribution is 0.195. The highest BCUT2D eigenvalue weighted by Gasteiger charge is 2.27. The van der Waals surface area contributed by atoms with E-state index in [-0.39, 0.29) is 6.03 Å². The second kappa shape index (κ2) is 6.20. The normalized spacial score (nSPS) is 17.4. The molecule has 2 aliphatic rings. The molecule has 0 saturated carbocycles. The van der Waals surface area contributed by atoms with Gasteiger partial charge in [-0.05, 0) is 38.7 Å². The van der Waals surface area contributed by atoms with Crippen LogP contribution in [0, 0.1) is 6.92 Å². The van der Waals surface area contributed by atoms with Gasteiger partial charge >= 0.3 is 6.03 Å². The van der Waals surface area contributed by atoms with E-state index >= 15 is 0 Å². The minimum Gasteiger partial charge on any atom is -0.352 e. The number of nitrogens with one attached hydrogen (secondary N) is 1. The maximum Gasteiger partial charge on any atom is 0.317 e. The van der Waals surface area contributed by atoms with Gasteiger partial charge in [-0.2, -0.15) is 0 Å². The van der Waals surface area contributed by atoms with Crippen LogP contribution in [0.3, 0.4) is 0 Å². The number of hydrogen-bond acceptors (Lipinski definition) is 5. The first-order chi connectivity index (χ1) is 11.7. The Kier molecular flexibility index (Phi) is 4.04. The number of nitrogens with zero attached hydrogens (tertiary/aromatic N) is 4. The molecule has 6 nitrogen and oxygen atoms in total. The number of carbonyl (C=O) groups is 1. The molecule has 1 saturated heterocycles. The Morgan fingerprint density at radius 2 is 2.00 bits per heavy atom. The zero-order chi connectivity index (χ0) is 16.7. The fourth-order valence-corrected chi connectivity index (χ4v) is 4.99. The molecule has 7 heteroatoms. The van der Waals surface area contributed by atoms with Gasteiger partial charge in [-0.25, -0.2) is 14.8 Å². The van der Waals surface area contributed by atoms with Crippen LogP contribution in [0.1, 0.15) is 29.6 Å². The summed E-state index contributed by atoms with van der Waals surface area (Å²) in [7, 11) is 0. The van der Waals surface area contributed by atoms with Crippen LogP contribution in [-0.4, -0.2) is 53.6 Å². The van der Waals surface area contributed by atoms with Gasteiger partial charge in [-0.3, -0.25) is 0 Å². The molecule has 1 N–H and O–H groups in total. The molecule has 0 aromatic carbocycles. The number of carbonyl (C=O) groups excluding carboxylic acids is 1. The van der Waals surface area contributed by atoms with Crippen molar-refractivity contribution in [3.05, 3.63) is 16.3 Å². The number of urea groups is 1. The molecular weight excluding hydrogens is 322 g/mol. The SMILES string of the molecule is CCNC(=O)N1CCN(c2nc(C)nc3sc4c(c23)CCC4)CC1. The standard InChI is InChI=1S/C17H23N5OS/c1-3-18-17(23)22-9-7-21(8-10-22)15-14-12-5-4-6-13(12)24-16(14)20-11(2)19-15/h3-10H2,1-2H3,(H,18,23). The van der Waals surface area contributed by atoms with E-state index in [1.54, 1.807) is 0 Å². The van der Waals surface area contributed by atoms with Crippen molar-refractivity contribution in [1.82, 2.24) is 20.2 Å². The molecule has 1 aliphatic carbocycles. The van der Waals surface area contributed by atoms with Gasteiger partial charge in [-0.1, -0.05) is 0 Å². The van der Waals surface area contributed by atoms with Crippen molar-refractivity contribution in [2.24, 2.45) is 0 Å². The summed E-state index contributed by atoms with van der Waals surface area (Å²) in [5.74, 6) is 1.91. The zero-order valence-electron chi connectivity index (χ0n) is 14.3. The highest BCUT2D eigenvalue weighted by Crippen LogP contribution is 2.40. The Morgan fingerprint density at radius 3 is 2.75 bits per heavy atom. The third-order valence-electron chi connectivity index (χ3n) is 4.85. The number of aromatic nitrogens is 2. The molecule has 2 aromatic heterocycles. The smallest absolute Gasteiger partial charge is 0.317 e. The molecule has 0 spiro atoms. The minimum absolute atomic E-state index is 0.0394. The van der Waals surface area contributed by atoms with Crippen molar-refractivity contribution >= 4 is 33.4 Å². The van der Waals surface area contributed by atoms with Crippen molar-refractivity contribution in [3.8, 4) is 0 Å². The largest absolute Gasteiger partial charge is 0.352 e. The second-order valence-corrected chi connectivity index (χ2v) is 7.53. The summed E-state index contributed by atoms with van der Waals surface area (Å²) in [4.78, 5) is 28.3. The predicted molar refractivity (Wildman–Crippen MR) is 97.0 cm³/mol. The van der Waals surface area contributed by atoms with Crippen LogP contribution in [-0.2, 0) is 12.8 Å². The number of aryl methyl sites for hydroxylation is 3. The summed E-state index contributed by atoms with van der Waals surface area (Å²) in [5.41, 5.74) is 1.47. The highest BCUT2D eigenvalue weighted by molar-refractivity contribution is 7.19. The molecule has 4 rings (SSSR count). The summed E-state index contributed by atoms with van der Waals surface area (Å²) in [5, 5.41) is 4.15. The van der Waals surface area contributed by atoms with Crippen molar-refractivity contribution < 1.29 is 4.79 Å². The fraction of sp³-hybridized carbons (Fsp3) is 0.588. The molecule has 0 bridgehead atoms. The Bertz CT molecular complexity index is 779. The van der Waals surface area contributed by atoms with E-state index in [0.717, 1.165) is 49.1 Å². The van der Waals surface area contributed by atoms with Crippen LogP contribution in [0.5, 0.6) is 0 Å². The van der Waals surface area contributed by atoms with Gasteiger partial charge in [0.15, 0.2) is 0 Å². The Hall–Kier alpha value is -1.89. The monoisotopic (exact) mass is 345 g/mol. The average molecular weight is 345 g/mol. The van der Waals surface area contributed by atoms with E-state index < -0.39 is 0 Å². The van der Waals surface area contributed by atoms with Crippen LogP contribution in [0.25, 0.3) is 10.2 Å². The predicted octanol–water partition coefficient (Wildman–Crippen LogP) is 2.34. The van der Waals surface area contributed by atoms with Crippen molar-refractivity contribution in [1.29, 1.82) is 0 Å². The zero-order valence-corrected chi connectivity index (χ0v) is 15.1. The molecule has 1 aliphatic heterocycles. The minimum atomic E-state index is 0.0394. The number of rotatable bonds is 2. The molecule has 1 fully saturated rings. The third-order valence-corrected chi connectivity index (χ3v) is 6.04. The van der Waals surface area contributed by atoms with E-state index in [4.69, 9.17) is 4.98 Å². The first-order valence-electron chi connectivity index (χ1n) is 8.74. The maximum absolute atomic E-state index is 12.0. The number of hydrogen-bond donors (Lipinski definition) is 1. The lowest BCUT2D eigenvalue weighted by atomic mass is 10.1. The van der Waals surface area contributed by atoms with E-state index in [2.05, 4.69) is 15.2 Å². The molecular formula is C17H23N5OS. The molecule has 0 unspecified atom stereocenters. The van der Waals surface area contributed by atoms with Crippen LogP contribution in [0.4, 0.5) is 10.6 Å². The summed E-state index contributed by atoms with van der Waals surface area (Å²) < 4.78 is 0. The van der Waals surface area contributed by atoms with Gasteiger partial charge in [0.1, 0.15) is 16.5 Å². The fourth-order valence-electron chi connectivity index (χ4n) is 3.69. The number of fused-ring (bicyclic) bond motifs is 3. The summed E-state index contributed by atoms with van der Waals surface area (Å²) in [6, 6.07) is 0.0394. The summed E-state index contributed by atoms with van der Waals surface area (Å²) >= 11 is 1.84. The first kappa shape index (κ1) is 15.6. The number of amides is 2. The van der Waals surface area contributed by atoms with Crippen LogP contribution in [0.15, 0.2) is 0 Å². The number of piperazine rings is 1. The summed E-state index contributed by atoms with van der Waals surface area (Å²) in [6.07, 6.45) is 3.57. The van der Waals surface area contributed by atoms with E-state index in [9.17, 15) is 4.79 Å². The Morgan fingerprint density at radius 1 is 1.21 bits per heavy atom. The summed E-state index contributed by atoms with van der Waals surface area (Å²) in [6.45, 7) is 7.72. The number of anilines is 1. The second-order valence-electron chi connectivity index (χ2n) is 6.44. The van der Waals surface area contributed by atoms with Crippen LogP contribution < -0.4 is 10.2 Å². The maximum atomic E-state index is 12.0. The highest BCUT2D eigenvalue weighted by atomic mass is 32.1. The quantitative estimate of drug-likeness (QED) is 0.907. The molecule has 2 aromatic rings.